The Labute approximate surface area is 225 Å². The fourth-order valence-electron chi connectivity index (χ4n) is 4.17. The average Bonchev–Trinajstić information content (AvgIpc) is 3.28. The second kappa shape index (κ2) is 12.3. The van der Waals surface area contributed by atoms with Gasteiger partial charge in [0.15, 0.2) is 17.1 Å². The standard InChI is InChI=1S/C29H30N4O6/c1-4-5-10-24-30-25-26(28(39-17-19(3)35)32-31-27(25)38-16-18(2)34)33(24)15-20-11-13-21(14-12-20)22-8-6-7-9-23(22)29(36)37/h6-9,11-14H,4-5,10,15-17H2,1-3H3,(H,36,37). The van der Waals surface area contributed by atoms with Crippen molar-refractivity contribution in [1.29, 1.82) is 0 Å². The molecule has 202 valence electrons. The molecule has 0 radical (unpaired) electrons. The number of nitrogens with zero attached hydrogens (tertiary/aromatic N) is 4. The van der Waals surface area contributed by atoms with Gasteiger partial charge < -0.3 is 19.1 Å². The summed E-state index contributed by atoms with van der Waals surface area (Å²) >= 11 is 0. The van der Waals surface area contributed by atoms with Gasteiger partial charge in [-0.1, -0.05) is 55.8 Å². The molecule has 1 N–H and O–H groups in total. The molecule has 0 aliphatic heterocycles. The molecule has 2 aromatic heterocycles. The Morgan fingerprint density at radius 2 is 1.54 bits per heavy atom. The van der Waals surface area contributed by atoms with E-state index in [1.807, 2.05) is 34.9 Å². The number of rotatable bonds is 13. The van der Waals surface area contributed by atoms with Crippen molar-refractivity contribution in [3.05, 3.63) is 65.5 Å². The molecule has 39 heavy (non-hydrogen) atoms. The van der Waals surface area contributed by atoms with Crippen molar-refractivity contribution in [2.45, 2.75) is 46.6 Å². The van der Waals surface area contributed by atoms with Crippen LogP contribution in [0.4, 0.5) is 0 Å². The van der Waals surface area contributed by atoms with Gasteiger partial charge in [0.2, 0.25) is 0 Å². The van der Waals surface area contributed by atoms with E-state index in [2.05, 4.69) is 17.1 Å². The summed E-state index contributed by atoms with van der Waals surface area (Å²) < 4.78 is 13.3. The van der Waals surface area contributed by atoms with Gasteiger partial charge in [-0.3, -0.25) is 9.59 Å². The van der Waals surface area contributed by atoms with Gasteiger partial charge in [-0.25, -0.2) is 9.78 Å². The lowest BCUT2D eigenvalue weighted by molar-refractivity contribution is -0.119. The van der Waals surface area contributed by atoms with E-state index in [-0.39, 0.29) is 42.1 Å². The van der Waals surface area contributed by atoms with E-state index in [0.29, 0.717) is 29.6 Å². The van der Waals surface area contributed by atoms with Gasteiger partial charge in [0.05, 0.1) is 5.56 Å². The second-order valence-corrected chi connectivity index (χ2v) is 9.25. The number of carbonyl (C=O) groups is 3. The molecule has 0 bridgehead atoms. The second-order valence-electron chi connectivity index (χ2n) is 9.25. The molecule has 0 amide bonds. The Morgan fingerprint density at radius 3 is 2.18 bits per heavy atom. The highest BCUT2D eigenvalue weighted by Gasteiger charge is 2.22. The van der Waals surface area contributed by atoms with Crippen LogP contribution in [0.15, 0.2) is 48.5 Å². The highest BCUT2D eigenvalue weighted by atomic mass is 16.5. The van der Waals surface area contributed by atoms with E-state index in [4.69, 9.17) is 14.5 Å². The molecular formula is C29H30N4O6. The number of carbonyl (C=O) groups excluding carboxylic acids is 2. The first-order valence-electron chi connectivity index (χ1n) is 12.7. The monoisotopic (exact) mass is 530 g/mol. The minimum atomic E-state index is -0.984. The highest BCUT2D eigenvalue weighted by molar-refractivity contribution is 5.96. The van der Waals surface area contributed by atoms with Crippen LogP contribution in [0.3, 0.4) is 0 Å². The van der Waals surface area contributed by atoms with Crippen molar-refractivity contribution in [3.63, 3.8) is 0 Å². The molecule has 0 spiro atoms. The average molecular weight is 531 g/mol. The van der Waals surface area contributed by atoms with Gasteiger partial charge in [0, 0.05) is 13.0 Å². The number of aryl methyl sites for hydroxylation is 1. The summed E-state index contributed by atoms with van der Waals surface area (Å²) in [7, 11) is 0. The van der Waals surface area contributed by atoms with Crippen LogP contribution in [0.2, 0.25) is 0 Å². The summed E-state index contributed by atoms with van der Waals surface area (Å²) in [5.74, 6) is -0.289. The number of Topliss-reactive ketones (excluding diaryl/α,β-unsaturated/α-hetero) is 2. The van der Waals surface area contributed by atoms with Gasteiger partial charge in [0.1, 0.15) is 24.6 Å². The lowest BCUT2D eigenvalue weighted by atomic mass is 9.99. The van der Waals surface area contributed by atoms with E-state index in [0.717, 1.165) is 29.8 Å². The molecule has 0 fully saturated rings. The van der Waals surface area contributed by atoms with Crippen molar-refractivity contribution >= 4 is 28.6 Å². The summed E-state index contributed by atoms with van der Waals surface area (Å²) in [6.45, 7) is 4.98. The maximum atomic E-state index is 11.7. The number of unbranched alkanes of at least 4 members (excludes halogenated alkanes) is 1. The molecule has 0 aliphatic rings. The first-order chi connectivity index (χ1) is 18.8. The molecule has 4 rings (SSSR count). The zero-order chi connectivity index (χ0) is 27.9. The number of fused-ring (bicyclic) bond motifs is 1. The van der Waals surface area contributed by atoms with Gasteiger partial charge in [-0.15, -0.1) is 10.2 Å². The van der Waals surface area contributed by atoms with Crippen LogP contribution < -0.4 is 9.47 Å². The Kier molecular flexibility index (Phi) is 8.65. The van der Waals surface area contributed by atoms with Crippen LogP contribution in [-0.2, 0) is 22.6 Å². The summed E-state index contributed by atoms with van der Waals surface area (Å²) in [5.41, 5.74) is 3.52. The van der Waals surface area contributed by atoms with Crippen molar-refractivity contribution in [2.75, 3.05) is 13.2 Å². The van der Waals surface area contributed by atoms with E-state index >= 15 is 0 Å². The van der Waals surface area contributed by atoms with Crippen LogP contribution >= 0.6 is 0 Å². The number of aromatic nitrogens is 4. The van der Waals surface area contributed by atoms with Crippen LogP contribution in [0, 0.1) is 0 Å². The number of carboxylic acid groups (broad SMARTS) is 1. The number of imidazole rings is 1. The fraction of sp³-hybridized carbons (Fsp3) is 0.310. The quantitative estimate of drug-likeness (QED) is 0.265. The highest BCUT2D eigenvalue weighted by Crippen LogP contribution is 2.32. The molecule has 2 heterocycles. The topological polar surface area (TPSA) is 134 Å². The third-order valence-electron chi connectivity index (χ3n) is 6.02. The SMILES string of the molecule is CCCCc1nc2c(OCC(C)=O)nnc(OCC(C)=O)c2n1Cc1ccc(-c2ccccc2C(=O)O)cc1. The minimum Gasteiger partial charge on any atom is -0.478 e. The zero-order valence-electron chi connectivity index (χ0n) is 22.1. The van der Waals surface area contributed by atoms with E-state index in [1.165, 1.54) is 13.8 Å². The van der Waals surface area contributed by atoms with Crippen LogP contribution in [0.1, 0.15) is 55.4 Å². The third-order valence-corrected chi connectivity index (χ3v) is 6.02. The molecule has 10 nitrogen and oxygen atoms in total. The molecule has 0 atom stereocenters. The summed E-state index contributed by atoms with van der Waals surface area (Å²) in [6.07, 6.45) is 2.52. The smallest absolute Gasteiger partial charge is 0.336 e. The van der Waals surface area contributed by atoms with Crippen molar-refractivity contribution < 1.29 is 29.0 Å². The largest absolute Gasteiger partial charge is 0.478 e. The number of benzene rings is 2. The Morgan fingerprint density at radius 1 is 0.897 bits per heavy atom. The first-order valence-corrected chi connectivity index (χ1v) is 12.7. The van der Waals surface area contributed by atoms with E-state index in [1.54, 1.807) is 18.2 Å². The number of ether oxygens (including phenoxy) is 2. The third kappa shape index (κ3) is 6.46. The van der Waals surface area contributed by atoms with Crippen LogP contribution in [0.25, 0.3) is 22.2 Å². The summed E-state index contributed by atoms with van der Waals surface area (Å²) in [5, 5.41) is 17.8. The first kappa shape index (κ1) is 27.4. The Hall–Kier alpha value is -4.60. The lowest BCUT2D eigenvalue weighted by Gasteiger charge is -2.13. The van der Waals surface area contributed by atoms with E-state index < -0.39 is 5.97 Å². The molecule has 0 saturated carbocycles. The summed E-state index contributed by atoms with van der Waals surface area (Å²) in [6, 6.07) is 14.5. The van der Waals surface area contributed by atoms with Crippen molar-refractivity contribution in [3.8, 4) is 22.9 Å². The zero-order valence-corrected chi connectivity index (χ0v) is 22.1. The number of ketones is 2. The molecule has 0 unspecified atom stereocenters. The molecule has 2 aromatic carbocycles. The molecule has 4 aromatic rings. The molecule has 10 heteroatoms. The predicted molar refractivity (Wildman–Crippen MR) is 144 cm³/mol. The minimum absolute atomic E-state index is 0.118. The lowest BCUT2D eigenvalue weighted by Crippen LogP contribution is -2.12. The number of hydrogen-bond acceptors (Lipinski definition) is 8. The fourth-order valence-corrected chi connectivity index (χ4v) is 4.17. The number of carboxylic acids is 1. The van der Waals surface area contributed by atoms with Crippen LogP contribution in [-0.4, -0.2) is 55.6 Å². The Balaban J connectivity index is 1.78. The van der Waals surface area contributed by atoms with Crippen molar-refractivity contribution in [2.24, 2.45) is 0 Å². The predicted octanol–water partition coefficient (Wildman–Crippen LogP) is 4.52. The normalized spacial score (nSPS) is 10.9. The molecular weight excluding hydrogens is 500 g/mol. The molecule has 0 saturated heterocycles. The van der Waals surface area contributed by atoms with Gasteiger partial charge in [0.25, 0.3) is 11.8 Å². The maximum absolute atomic E-state index is 11.7. The number of hydrogen-bond donors (Lipinski definition) is 1. The van der Waals surface area contributed by atoms with Crippen molar-refractivity contribution in [1.82, 2.24) is 19.7 Å². The van der Waals surface area contributed by atoms with E-state index in [9.17, 15) is 19.5 Å². The summed E-state index contributed by atoms with van der Waals surface area (Å²) in [4.78, 5) is 39.7. The van der Waals surface area contributed by atoms with Gasteiger partial charge in [-0.2, -0.15) is 0 Å². The van der Waals surface area contributed by atoms with Gasteiger partial charge in [-0.05, 0) is 43.0 Å². The number of aromatic carboxylic acids is 1. The maximum Gasteiger partial charge on any atom is 0.336 e. The Bertz CT molecular complexity index is 1510. The van der Waals surface area contributed by atoms with Gasteiger partial charge >= 0.3 is 5.97 Å². The van der Waals surface area contributed by atoms with Crippen LogP contribution in [0.5, 0.6) is 11.8 Å². The molecule has 0 aliphatic carbocycles.